The van der Waals surface area contributed by atoms with Crippen molar-refractivity contribution in [2.75, 3.05) is 36.5 Å². The minimum absolute atomic E-state index is 0.233. The minimum atomic E-state index is -1.20. The highest BCUT2D eigenvalue weighted by molar-refractivity contribution is 7.16. The number of benzene rings is 2. The van der Waals surface area contributed by atoms with Gasteiger partial charge in [-0.05, 0) is 12.5 Å². The molecule has 0 spiro atoms. The van der Waals surface area contributed by atoms with Gasteiger partial charge in [0.1, 0.15) is 5.00 Å². The summed E-state index contributed by atoms with van der Waals surface area (Å²) in [5.41, 5.74) is 9.33. The Morgan fingerprint density at radius 3 is 2.59 bits per heavy atom. The van der Waals surface area contributed by atoms with E-state index in [1.807, 2.05) is 75.4 Å². The van der Waals surface area contributed by atoms with Crippen LogP contribution in [-0.2, 0) is 20.7 Å². The average molecular weight is 548 g/mol. The van der Waals surface area contributed by atoms with Crippen molar-refractivity contribution in [1.82, 2.24) is 4.98 Å². The molecule has 0 bridgehead atoms. The van der Waals surface area contributed by atoms with Crippen molar-refractivity contribution >= 4 is 45.6 Å². The van der Waals surface area contributed by atoms with E-state index in [9.17, 15) is 4.79 Å². The van der Waals surface area contributed by atoms with E-state index in [2.05, 4.69) is 25.2 Å². The lowest BCUT2D eigenvalue weighted by molar-refractivity contribution is -0.117. The number of fused-ring (bicyclic) bond motifs is 1. The number of amidine groups is 1. The van der Waals surface area contributed by atoms with Gasteiger partial charge < -0.3 is 25.4 Å². The van der Waals surface area contributed by atoms with Gasteiger partial charge in [0.2, 0.25) is 12.1 Å². The Hall–Kier alpha value is -4.09. The molecule has 3 aromatic rings. The van der Waals surface area contributed by atoms with Gasteiger partial charge in [0.15, 0.2) is 5.69 Å². The van der Waals surface area contributed by atoms with Crippen LogP contribution in [0, 0.1) is 5.41 Å². The van der Waals surface area contributed by atoms with Gasteiger partial charge in [-0.1, -0.05) is 69.3 Å². The van der Waals surface area contributed by atoms with E-state index >= 15 is 0 Å². The Bertz CT molecular complexity index is 1360. The molecule has 2 aromatic carbocycles. The molecule has 39 heavy (non-hydrogen) atoms. The second-order valence-corrected chi connectivity index (χ2v) is 9.43. The molecule has 1 saturated heterocycles. The summed E-state index contributed by atoms with van der Waals surface area (Å²) < 4.78 is 11.0. The number of aliphatic imine (C=N–C) groups is 2. The third-order valence-corrected chi connectivity index (χ3v) is 7.16. The number of aryl methyl sites for hydroxylation is 1. The van der Waals surface area contributed by atoms with Crippen LogP contribution in [0.5, 0.6) is 0 Å². The van der Waals surface area contributed by atoms with Gasteiger partial charge in [-0.25, -0.2) is 9.98 Å². The Kier molecular flexibility index (Phi) is 9.40. The van der Waals surface area contributed by atoms with Gasteiger partial charge >= 0.3 is 0 Å². The Morgan fingerprint density at radius 1 is 1.18 bits per heavy atom. The number of hydrogen-bond acceptors (Lipinski definition) is 9. The highest BCUT2D eigenvalue weighted by Crippen LogP contribution is 2.30. The zero-order valence-electron chi connectivity index (χ0n) is 22.3. The van der Waals surface area contributed by atoms with Crippen LogP contribution in [0.1, 0.15) is 42.6 Å². The van der Waals surface area contributed by atoms with Gasteiger partial charge in [0.25, 0.3) is 11.9 Å². The lowest BCUT2D eigenvalue weighted by Gasteiger charge is -2.27. The molecule has 204 valence electrons. The van der Waals surface area contributed by atoms with Crippen LogP contribution in [0.25, 0.3) is 0 Å². The Morgan fingerprint density at radius 2 is 1.87 bits per heavy atom. The summed E-state index contributed by atoms with van der Waals surface area (Å²) in [5, 5.41) is 13.2. The molecule has 0 aliphatic carbocycles. The number of carbonyl (C=O) groups excluding carboxylic acids is 1. The first-order valence-electron chi connectivity index (χ1n) is 13.0. The number of nitrogens with one attached hydrogen (secondary N) is 2. The molecular weight excluding hydrogens is 514 g/mol. The second kappa shape index (κ2) is 13.1. The summed E-state index contributed by atoms with van der Waals surface area (Å²) in [4.78, 5) is 28.6. The van der Waals surface area contributed by atoms with E-state index in [1.54, 1.807) is 0 Å². The number of benzodiazepines with no additional fused rings is 1. The normalized spacial score (nSPS) is 17.2. The molecule has 4 N–H and O–H groups in total. The van der Waals surface area contributed by atoms with Crippen LogP contribution in [0.15, 0.2) is 64.6 Å². The summed E-state index contributed by atoms with van der Waals surface area (Å²) in [5.74, 6) is -0.685. The summed E-state index contributed by atoms with van der Waals surface area (Å²) in [6.45, 7) is 8.63. The highest BCUT2D eigenvalue weighted by atomic mass is 32.1. The summed E-state index contributed by atoms with van der Waals surface area (Å²) >= 11 is 1.52. The van der Waals surface area contributed by atoms with Gasteiger partial charge in [-0.2, -0.15) is 4.99 Å². The fraction of sp³-hybridized carbons (Fsp3) is 0.321. The van der Waals surface area contributed by atoms with Crippen molar-refractivity contribution in [1.29, 1.82) is 5.41 Å². The lowest BCUT2D eigenvalue weighted by atomic mass is 10.0. The predicted molar refractivity (Wildman–Crippen MR) is 156 cm³/mol. The summed E-state index contributed by atoms with van der Waals surface area (Å²) in [7, 11) is 0. The van der Waals surface area contributed by atoms with Crippen molar-refractivity contribution in [2.24, 2.45) is 15.7 Å². The summed E-state index contributed by atoms with van der Waals surface area (Å²) in [6, 6.07) is 16.7. The number of carbonyl (C=O) groups is 1. The van der Waals surface area contributed by atoms with E-state index in [-0.39, 0.29) is 11.9 Å². The van der Waals surface area contributed by atoms with Crippen molar-refractivity contribution < 1.29 is 14.3 Å². The quantitative estimate of drug-likeness (QED) is 0.326. The van der Waals surface area contributed by atoms with Crippen LogP contribution >= 0.6 is 11.3 Å². The van der Waals surface area contributed by atoms with Gasteiger partial charge in [0.05, 0.1) is 29.6 Å². The predicted octanol–water partition coefficient (Wildman–Crippen LogP) is 4.04. The van der Waals surface area contributed by atoms with E-state index < -0.39 is 12.1 Å². The van der Waals surface area contributed by atoms with Crippen LogP contribution in [-0.4, -0.2) is 61.0 Å². The standard InChI is InChI=1S/C26H27N7O3S.C2H6/c1-2-19-30-21(25(37-19)33-12-14-35-15-13-33)22(27)36-26(28)32-23-24(34)29-18-11-7-6-10-17(18)20(31-23)16-8-4-3-5-9-16;1-2/h3-11,23,27H,2,12-15H2,1H3,(H2,28,32)(H,29,34);1-2H3. The number of aromatic nitrogens is 1. The maximum absolute atomic E-state index is 13.0. The van der Waals surface area contributed by atoms with Crippen LogP contribution in [0.4, 0.5) is 10.7 Å². The third kappa shape index (κ3) is 6.50. The number of hydrogen-bond donors (Lipinski definition) is 3. The number of ether oxygens (including phenoxy) is 2. The Balaban J connectivity index is 0.00000172. The molecule has 1 amide bonds. The largest absolute Gasteiger partial charge is 0.405 e. The van der Waals surface area contributed by atoms with Gasteiger partial charge in [0, 0.05) is 24.2 Å². The second-order valence-electron chi connectivity index (χ2n) is 8.37. The molecule has 5 rings (SSSR count). The third-order valence-electron chi connectivity index (χ3n) is 5.90. The fourth-order valence-corrected chi connectivity index (χ4v) is 5.15. The highest BCUT2D eigenvalue weighted by Gasteiger charge is 2.27. The average Bonchev–Trinajstić information content (AvgIpc) is 3.37. The summed E-state index contributed by atoms with van der Waals surface area (Å²) in [6.07, 6.45) is -0.464. The van der Waals surface area contributed by atoms with E-state index in [0.717, 1.165) is 27.6 Å². The maximum atomic E-state index is 13.0. The van der Waals surface area contributed by atoms with Crippen molar-refractivity contribution in [3.8, 4) is 0 Å². The zero-order valence-corrected chi connectivity index (χ0v) is 23.1. The molecule has 2 aliphatic heterocycles. The first kappa shape index (κ1) is 27.9. The molecule has 1 aromatic heterocycles. The van der Waals surface area contributed by atoms with E-state index in [1.165, 1.54) is 11.3 Å². The number of morpholine rings is 1. The molecule has 1 atom stereocenters. The monoisotopic (exact) mass is 547 g/mol. The number of amides is 1. The number of anilines is 2. The SMILES string of the molecule is CC.CCc1nc(C(=N)O/C(N)=N/C2N=C(c3ccccc3)c3ccccc3NC2=O)c(N2CCOCC2)s1. The molecule has 0 radical (unpaired) electrons. The molecule has 1 unspecified atom stereocenters. The van der Waals surface area contributed by atoms with Crippen molar-refractivity contribution in [3.05, 3.63) is 76.4 Å². The molecule has 0 saturated carbocycles. The van der Waals surface area contributed by atoms with E-state index in [0.29, 0.717) is 43.4 Å². The topological polar surface area (TPSA) is 138 Å². The number of nitrogens with zero attached hydrogens (tertiary/aromatic N) is 4. The number of thiazole rings is 1. The number of para-hydroxylation sites is 1. The van der Waals surface area contributed by atoms with E-state index in [4.69, 9.17) is 20.6 Å². The molecule has 3 heterocycles. The van der Waals surface area contributed by atoms with Gasteiger partial charge in [-0.3, -0.25) is 10.2 Å². The fourth-order valence-electron chi connectivity index (χ4n) is 4.09. The van der Waals surface area contributed by atoms with Crippen LogP contribution in [0.2, 0.25) is 0 Å². The zero-order chi connectivity index (χ0) is 27.8. The maximum Gasteiger partial charge on any atom is 0.291 e. The first-order chi connectivity index (χ1) is 19.0. The van der Waals surface area contributed by atoms with Crippen LogP contribution in [0.3, 0.4) is 0 Å². The molecule has 11 heteroatoms. The van der Waals surface area contributed by atoms with Crippen molar-refractivity contribution in [2.45, 2.75) is 33.4 Å². The molecule has 10 nitrogen and oxygen atoms in total. The smallest absolute Gasteiger partial charge is 0.291 e. The first-order valence-corrected chi connectivity index (χ1v) is 13.8. The van der Waals surface area contributed by atoms with Crippen molar-refractivity contribution in [3.63, 3.8) is 0 Å². The molecule has 2 aliphatic rings. The minimum Gasteiger partial charge on any atom is -0.405 e. The van der Waals surface area contributed by atoms with Gasteiger partial charge in [-0.15, -0.1) is 11.3 Å². The lowest BCUT2D eigenvalue weighted by Crippen LogP contribution is -2.37. The molecule has 1 fully saturated rings. The number of nitrogens with two attached hydrogens (primary N) is 1. The molecular formula is C28H33N7O3S. The van der Waals surface area contributed by atoms with Crippen LogP contribution < -0.4 is 16.0 Å². The number of rotatable bonds is 5. The Labute approximate surface area is 232 Å².